The van der Waals surface area contributed by atoms with Gasteiger partial charge in [-0.25, -0.2) is 0 Å². The lowest BCUT2D eigenvalue weighted by molar-refractivity contribution is 0.235. The van der Waals surface area contributed by atoms with Crippen molar-refractivity contribution in [3.05, 3.63) is 35.9 Å². The normalized spacial score (nSPS) is 26.1. The minimum absolute atomic E-state index is 0.256. The van der Waals surface area contributed by atoms with Crippen LogP contribution in [-0.4, -0.2) is 11.6 Å². The maximum Gasteiger partial charge on any atom is 0.00991 e. The van der Waals surface area contributed by atoms with Gasteiger partial charge in [-0.1, -0.05) is 30.3 Å². The number of rotatable bonds is 2. The highest BCUT2D eigenvalue weighted by Gasteiger charge is 2.32. The van der Waals surface area contributed by atoms with Crippen molar-refractivity contribution in [2.45, 2.75) is 51.1 Å². The van der Waals surface area contributed by atoms with Crippen molar-refractivity contribution < 1.29 is 0 Å². The van der Waals surface area contributed by atoms with Gasteiger partial charge in [-0.15, -0.1) is 0 Å². The standard InChI is InChI=1S/C14H21N/c1-14(2,3)15-13-9-12(10-13)11-7-5-4-6-8-11/h4-8,12-13,15H,9-10H2,1-3H3/t12-,13+. The van der Waals surface area contributed by atoms with Gasteiger partial charge in [0.15, 0.2) is 0 Å². The van der Waals surface area contributed by atoms with Crippen molar-refractivity contribution in [2.75, 3.05) is 0 Å². The summed E-state index contributed by atoms with van der Waals surface area (Å²) in [6.07, 6.45) is 2.59. The zero-order chi connectivity index (χ0) is 10.9. The summed E-state index contributed by atoms with van der Waals surface area (Å²) in [5.74, 6) is 0.783. The van der Waals surface area contributed by atoms with Crippen LogP contribution in [0, 0.1) is 0 Å². The lowest BCUT2D eigenvalue weighted by Gasteiger charge is -2.40. The van der Waals surface area contributed by atoms with Crippen LogP contribution in [0.3, 0.4) is 0 Å². The molecular formula is C14H21N. The van der Waals surface area contributed by atoms with Gasteiger partial charge < -0.3 is 5.32 Å². The van der Waals surface area contributed by atoms with E-state index in [1.54, 1.807) is 0 Å². The molecule has 0 aromatic heterocycles. The largest absolute Gasteiger partial charge is 0.309 e. The maximum absolute atomic E-state index is 3.66. The molecule has 1 saturated carbocycles. The van der Waals surface area contributed by atoms with Crippen LogP contribution in [0.2, 0.25) is 0 Å². The summed E-state index contributed by atoms with van der Waals surface area (Å²) in [5, 5.41) is 3.66. The van der Waals surface area contributed by atoms with E-state index in [-0.39, 0.29) is 5.54 Å². The fourth-order valence-electron chi connectivity index (χ4n) is 2.35. The van der Waals surface area contributed by atoms with E-state index in [9.17, 15) is 0 Å². The van der Waals surface area contributed by atoms with Crippen LogP contribution in [-0.2, 0) is 0 Å². The van der Waals surface area contributed by atoms with E-state index in [0.29, 0.717) is 0 Å². The van der Waals surface area contributed by atoms with Gasteiger partial charge in [-0.2, -0.15) is 0 Å². The first-order valence-electron chi connectivity index (χ1n) is 5.87. The Balaban J connectivity index is 1.84. The molecule has 1 nitrogen and oxygen atoms in total. The van der Waals surface area contributed by atoms with Crippen molar-refractivity contribution in [2.24, 2.45) is 0 Å². The average molecular weight is 203 g/mol. The highest BCUT2D eigenvalue weighted by atomic mass is 15.0. The van der Waals surface area contributed by atoms with Gasteiger partial charge in [0, 0.05) is 11.6 Å². The maximum atomic E-state index is 3.66. The third-order valence-corrected chi connectivity index (χ3v) is 3.05. The third kappa shape index (κ3) is 2.82. The first-order valence-corrected chi connectivity index (χ1v) is 5.87. The molecule has 1 fully saturated rings. The zero-order valence-corrected chi connectivity index (χ0v) is 9.96. The Morgan fingerprint density at radius 1 is 1.07 bits per heavy atom. The fraction of sp³-hybridized carbons (Fsp3) is 0.571. The first-order chi connectivity index (χ1) is 7.04. The summed E-state index contributed by atoms with van der Waals surface area (Å²) in [6.45, 7) is 6.72. The first kappa shape index (κ1) is 10.7. The Morgan fingerprint density at radius 2 is 1.67 bits per heavy atom. The minimum Gasteiger partial charge on any atom is -0.309 e. The number of nitrogens with one attached hydrogen (secondary N) is 1. The highest BCUT2D eigenvalue weighted by Crippen LogP contribution is 2.37. The van der Waals surface area contributed by atoms with E-state index in [2.05, 4.69) is 56.4 Å². The van der Waals surface area contributed by atoms with Crippen molar-refractivity contribution in [1.29, 1.82) is 0 Å². The second-order valence-electron chi connectivity index (χ2n) is 5.67. The summed E-state index contributed by atoms with van der Waals surface area (Å²) in [7, 11) is 0. The van der Waals surface area contributed by atoms with Gasteiger partial charge in [-0.3, -0.25) is 0 Å². The molecule has 0 amide bonds. The molecule has 0 atom stereocenters. The molecule has 0 heterocycles. The lowest BCUT2D eigenvalue weighted by Crippen LogP contribution is -2.49. The topological polar surface area (TPSA) is 12.0 Å². The molecule has 0 spiro atoms. The van der Waals surface area contributed by atoms with Gasteiger partial charge >= 0.3 is 0 Å². The molecule has 0 radical (unpaired) electrons. The molecule has 1 heteroatoms. The van der Waals surface area contributed by atoms with Crippen LogP contribution in [0.4, 0.5) is 0 Å². The van der Waals surface area contributed by atoms with Gasteiger partial charge in [0.05, 0.1) is 0 Å². The van der Waals surface area contributed by atoms with Crippen LogP contribution < -0.4 is 5.32 Å². The molecule has 1 aliphatic carbocycles. The van der Waals surface area contributed by atoms with Gasteiger partial charge in [0.1, 0.15) is 0 Å². The van der Waals surface area contributed by atoms with E-state index in [1.165, 1.54) is 18.4 Å². The highest BCUT2D eigenvalue weighted by molar-refractivity contribution is 5.22. The molecule has 1 N–H and O–H groups in total. The Morgan fingerprint density at radius 3 is 2.20 bits per heavy atom. The summed E-state index contributed by atoms with van der Waals surface area (Å²) >= 11 is 0. The summed E-state index contributed by atoms with van der Waals surface area (Å²) < 4.78 is 0. The summed E-state index contributed by atoms with van der Waals surface area (Å²) in [4.78, 5) is 0. The molecule has 0 saturated heterocycles. The number of hydrogen-bond acceptors (Lipinski definition) is 1. The molecule has 0 unspecified atom stereocenters. The quantitative estimate of drug-likeness (QED) is 0.777. The second-order valence-corrected chi connectivity index (χ2v) is 5.67. The molecule has 0 bridgehead atoms. The SMILES string of the molecule is CC(C)(C)N[C@H]1C[C@@H](c2ccccc2)C1. The van der Waals surface area contributed by atoms with E-state index in [0.717, 1.165) is 12.0 Å². The third-order valence-electron chi connectivity index (χ3n) is 3.05. The van der Waals surface area contributed by atoms with Crippen molar-refractivity contribution >= 4 is 0 Å². The monoisotopic (exact) mass is 203 g/mol. The molecule has 1 aromatic carbocycles. The smallest absolute Gasteiger partial charge is 0.00991 e. The van der Waals surface area contributed by atoms with E-state index in [1.807, 2.05) is 0 Å². The molecule has 82 valence electrons. The van der Waals surface area contributed by atoms with Gasteiger partial charge in [0.25, 0.3) is 0 Å². The lowest BCUT2D eigenvalue weighted by atomic mass is 9.75. The van der Waals surface area contributed by atoms with E-state index in [4.69, 9.17) is 0 Å². The minimum atomic E-state index is 0.256. The summed E-state index contributed by atoms with van der Waals surface area (Å²) in [6, 6.07) is 11.6. The zero-order valence-electron chi connectivity index (χ0n) is 9.96. The fourth-order valence-corrected chi connectivity index (χ4v) is 2.35. The molecule has 2 rings (SSSR count). The van der Waals surface area contributed by atoms with Crippen LogP contribution in [0.5, 0.6) is 0 Å². The van der Waals surface area contributed by atoms with Gasteiger partial charge in [0.2, 0.25) is 0 Å². The van der Waals surface area contributed by atoms with Crippen LogP contribution in [0.25, 0.3) is 0 Å². The molecule has 1 aromatic rings. The Hall–Kier alpha value is -0.820. The van der Waals surface area contributed by atoms with E-state index >= 15 is 0 Å². The predicted octanol–water partition coefficient (Wildman–Crippen LogP) is 3.32. The van der Waals surface area contributed by atoms with Crippen molar-refractivity contribution in [3.8, 4) is 0 Å². The van der Waals surface area contributed by atoms with E-state index < -0.39 is 0 Å². The number of benzene rings is 1. The van der Waals surface area contributed by atoms with Crippen molar-refractivity contribution in [3.63, 3.8) is 0 Å². The van der Waals surface area contributed by atoms with Crippen LogP contribution in [0.15, 0.2) is 30.3 Å². The molecule has 15 heavy (non-hydrogen) atoms. The van der Waals surface area contributed by atoms with Crippen LogP contribution >= 0.6 is 0 Å². The molecule has 1 aliphatic rings. The Labute approximate surface area is 92.9 Å². The second kappa shape index (κ2) is 3.97. The Bertz CT molecular complexity index is 304. The average Bonchev–Trinajstić information content (AvgIpc) is 2.11. The molecular weight excluding hydrogens is 182 g/mol. The summed E-state index contributed by atoms with van der Waals surface area (Å²) in [5.41, 5.74) is 1.76. The Kier molecular flexibility index (Phi) is 2.83. The van der Waals surface area contributed by atoms with Gasteiger partial charge in [-0.05, 0) is 45.1 Å². The predicted molar refractivity (Wildman–Crippen MR) is 65.1 cm³/mol. The van der Waals surface area contributed by atoms with Crippen LogP contribution in [0.1, 0.15) is 45.1 Å². The van der Waals surface area contributed by atoms with Crippen molar-refractivity contribution in [1.82, 2.24) is 5.32 Å². The molecule has 0 aliphatic heterocycles. The number of hydrogen-bond donors (Lipinski definition) is 1.